The molecule has 33 heavy (non-hydrogen) atoms. The molecular weight excluding hydrogens is 419 g/mol. The van der Waals surface area contributed by atoms with Crippen LogP contribution in [0.5, 0.6) is 0 Å². The molecule has 3 N–H and O–H groups in total. The molecule has 0 spiro atoms. The van der Waals surface area contributed by atoms with Gasteiger partial charge < -0.3 is 20.2 Å². The second-order valence-corrected chi connectivity index (χ2v) is 11.1. The number of carbonyl (C=O) groups excluding carboxylic acids is 1. The van der Waals surface area contributed by atoms with Crippen LogP contribution in [-0.4, -0.2) is 22.7 Å². The van der Waals surface area contributed by atoms with E-state index in [9.17, 15) is 14.3 Å². The van der Waals surface area contributed by atoms with Gasteiger partial charge in [0, 0.05) is 19.0 Å². The number of furan rings is 1. The number of halogens is 1. The Labute approximate surface area is 196 Å². The lowest BCUT2D eigenvalue weighted by molar-refractivity contribution is -0.123. The number of rotatable bonds is 8. The Morgan fingerprint density at radius 2 is 1.88 bits per heavy atom. The van der Waals surface area contributed by atoms with Crippen molar-refractivity contribution in [3.05, 3.63) is 59.8 Å². The van der Waals surface area contributed by atoms with Gasteiger partial charge in [-0.3, -0.25) is 4.79 Å². The molecule has 1 heterocycles. The standard InChI is InChI=1S/C27H37FN2O3/c1-25(2)16-23(29-17-19-6-8-20(28)9-7-19)27(13-12-26(3,32)15-22(25)27)11-10-24(31)30-18-21-5-4-14-33-21/h4-9,14,22-23,29,32H,10-13,15-18H2,1-3H3,(H,30,31)/t22-,23-,26-,27-/m0/s1. The maximum atomic E-state index is 13.3. The van der Waals surface area contributed by atoms with Crippen molar-refractivity contribution in [2.24, 2.45) is 16.7 Å². The summed E-state index contributed by atoms with van der Waals surface area (Å²) in [6, 6.07) is 10.5. The van der Waals surface area contributed by atoms with Crippen molar-refractivity contribution in [1.29, 1.82) is 0 Å². The molecule has 1 aromatic heterocycles. The first-order valence-corrected chi connectivity index (χ1v) is 12.1. The number of carbonyl (C=O) groups is 1. The maximum absolute atomic E-state index is 13.3. The highest BCUT2D eigenvalue weighted by molar-refractivity contribution is 5.75. The van der Waals surface area contributed by atoms with Crippen molar-refractivity contribution in [2.75, 3.05) is 0 Å². The van der Waals surface area contributed by atoms with Crippen LogP contribution in [-0.2, 0) is 17.9 Å². The van der Waals surface area contributed by atoms with Crippen LogP contribution < -0.4 is 10.6 Å². The topological polar surface area (TPSA) is 74.5 Å². The summed E-state index contributed by atoms with van der Waals surface area (Å²) in [7, 11) is 0. The number of aliphatic hydroxyl groups is 1. The average Bonchev–Trinajstić information content (AvgIpc) is 3.35. The zero-order chi connectivity index (χ0) is 23.7. The summed E-state index contributed by atoms with van der Waals surface area (Å²) in [4.78, 5) is 12.7. The Kier molecular flexibility index (Phi) is 6.70. The maximum Gasteiger partial charge on any atom is 0.220 e. The molecule has 5 nitrogen and oxygen atoms in total. The van der Waals surface area contributed by atoms with Crippen LogP contribution in [0.1, 0.15) is 70.6 Å². The molecule has 6 heteroatoms. The van der Waals surface area contributed by atoms with Crippen LogP contribution in [0.4, 0.5) is 4.39 Å². The Balaban J connectivity index is 1.49. The second kappa shape index (κ2) is 9.22. The molecule has 4 atom stereocenters. The third-order valence-corrected chi connectivity index (χ3v) is 8.16. The van der Waals surface area contributed by atoms with Crippen molar-refractivity contribution in [1.82, 2.24) is 10.6 Å². The van der Waals surface area contributed by atoms with E-state index in [1.807, 2.05) is 31.2 Å². The number of hydrogen-bond donors (Lipinski definition) is 3. The lowest BCUT2D eigenvalue weighted by atomic mass is 9.57. The number of benzene rings is 1. The van der Waals surface area contributed by atoms with Crippen LogP contribution >= 0.6 is 0 Å². The van der Waals surface area contributed by atoms with Gasteiger partial charge in [-0.25, -0.2) is 4.39 Å². The van der Waals surface area contributed by atoms with Gasteiger partial charge in [0.05, 0.1) is 18.4 Å². The molecule has 180 valence electrons. The van der Waals surface area contributed by atoms with Crippen molar-refractivity contribution in [2.45, 2.75) is 84.0 Å². The van der Waals surface area contributed by atoms with E-state index in [0.717, 1.165) is 43.4 Å². The van der Waals surface area contributed by atoms with Gasteiger partial charge in [0.15, 0.2) is 0 Å². The van der Waals surface area contributed by atoms with Crippen molar-refractivity contribution in [3.63, 3.8) is 0 Å². The monoisotopic (exact) mass is 456 g/mol. The lowest BCUT2D eigenvalue weighted by Gasteiger charge is -2.51. The fourth-order valence-electron chi connectivity index (χ4n) is 6.39. The zero-order valence-electron chi connectivity index (χ0n) is 20.0. The summed E-state index contributed by atoms with van der Waals surface area (Å²) in [5, 5.41) is 17.7. The summed E-state index contributed by atoms with van der Waals surface area (Å²) >= 11 is 0. The Morgan fingerprint density at radius 3 is 2.58 bits per heavy atom. The first-order chi connectivity index (χ1) is 15.6. The first kappa shape index (κ1) is 24.0. The molecule has 0 saturated heterocycles. The van der Waals surface area contributed by atoms with E-state index in [1.165, 1.54) is 12.1 Å². The molecule has 1 aromatic carbocycles. The highest BCUT2D eigenvalue weighted by Gasteiger charge is 2.61. The van der Waals surface area contributed by atoms with E-state index in [1.54, 1.807) is 6.26 Å². The molecule has 1 amide bonds. The van der Waals surface area contributed by atoms with E-state index in [0.29, 0.717) is 25.4 Å². The molecule has 0 radical (unpaired) electrons. The summed E-state index contributed by atoms with van der Waals surface area (Å²) in [6.45, 7) is 7.60. The fourth-order valence-corrected chi connectivity index (χ4v) is 6.39. The van der Waals surface area contributed by atoms with Gasteiger partial charge in [0.25, 0.3) is 0 Å². The highest BCUT2D eigenvalue weighted by Crippen LogP contribution is 2.63. The summed E-state index contributed by atoms with van der Waals surface area (Å²) in [5.74, 6) is 0.859. The average molecular weight is 457 g/mol. The van der Waals surface area contributed by atoms with E-state index >= 15 is 0 Å². The van der Waals surface area contributed by atoms with Crippen LogP contribution in [0.3, 0.4) is 0 Å². The summed E-state index contributed by atoms with van der Waals surface area (Å²) in [6.07, 6.45) is 6.21. The lowest BCUT2D eigenvalue weighted by Crippen LogP contribution is -2.51. The Hall–Kier alpha value is -2.18. The molecule has 0 unspecified atom stereocenters. The smallest absolute Gasteiger partial charge is 0.220 e. The Morgan fingerprint density at radius 1 is 1.12 bits per heavy atom. The van der Waals surface area contributed by atoms with Gasteiger partial charge in [0.1, 0.15) is 11.6 Å². The minimum atomic E-state index is -0.668. The third kappa shape index (κ3) is 5.33. The SMILES string of the molecule is CC1(C)C[C@H](NCc2ccc(F)cc2)[C@@]2(CCC(=O)NCc3ccco3)CC[C@](C)(O)C[C@@H]12. The van der Waals surface area contributed by atoms with Crippen LogP contribution in [0.25, 0.3) is 0 Å². The number of amides is 1. The van der Waals surface area contributed by atoms with Crippen molar-refractivity contribution >= 4 is 5.91 Å². The normalized spacial score (nSPS) is 30.7. The second-order valence-electron chi connectivity index (χ2n) is 11.1. The fraction of sp³-hybridized carbons (Fsp3) is 0.593. The van der Waals surface area contributed by atoms with Crippen molar-refractivity contribution in [3.8, 4) is 0 Å². The van der Waals surface area contributed by atoms with E-state index in [-0.39, 0.29) is 28.6 Å². The molecule has 0 bridgehead atoms. The molecule has 4 rings (SSSR count). The predicted octanol–water partition coefficient (Wildman–Crippen LogP) is 4.94. The van der Waals surface area contributed by atoms with Gasteiger partial charge in [-0.15, -0.1) is 0 Å². The Bertz CT molecular complexity index is 939. The van der Waals surface area contributed by atoms with E-state index in [4.69, 9.17) is 4.42 Å². The van der Waals surface area contributed by atoms with E-state index in [2.05, 4.69) is 24.5 Å². The minimum absolute atomic E-state index is 0.0267. The third-order valence-electron chi connectivity index (χ3n) is 8.16. The number of hydrogen-bond acceptors (Lipinski definition) is 4. The summed E-state index contributed by atoms with van der Waals surface area (Å²) in [5.41, 5.74) is 0.370. The molecular formula is C27H37FN2O3. The molecule has 2 aromatic rings. The zero-order valence-corrected chi connectivity index (χ0v) is 20.0. The molecule has 2 saturated carbocycles. The summed E-state index contributed by atoms with van der Waals surface area (Å²) < 4.78 is 18.6. The van der Waals surface area contributed by atoms with Crippen LogP contribution in [0.15, 0.2) is 47.1 Å². The number of nitrogens with one attached hydrogen (secondary N) is 2. The predicted molar refractivity (Wildman–Crippen MR) is 126 cm³/mol. The molecule has 0 aliphatic heterocycles. The van der Waals surface area contributed by atoms with Crippen LogP contribution in [0.2, 0.25) is 0 Å². The van der Waals surface area contributed by atoms with Gasteiger partial charge in [-0.1, -0.05) is 26.0 Å². The van der Waals surface area contributed by atoms with Crippen LogP contribution in [0, 0.1) is 22.6 Å². The molecule has 2 aliphatic rings. The van der Waals surface area contributed by atoms with Gasteiger partial charge in [0.2, 0.25) is 5.91 Å². The number of fused-ring (bicyclic) bond motifs is 1. The van der Waals surface area contributed by atoms with Gasteiger partial charge in [-0.2, -0.15) is 0 Å². The van der Waals surface area contributed by atoms with Crippen molar-refractivity contribution < 1.29 is 18.7 Å². The van der Waals surface area contributed by atoms with E-state index < -0.39 is 5.60 Å². The quantitative estimate of drug-likeness (QED) is 0.526. The highest BCUT2D eigenvalue weighted by atomic mass is 19.1. The van der Waals surface area contributed by atoms with Gasteiger partial charge in [-0.05, 0) is 85.6 Å². The largest absolute Gasteiger partial charge is 0.467 e. The molecule has 2 aliphatic carbocycles. The molecule has 2 fully saturated rings. The first-order valence-electron chi connectivity index (χ1n) is 12.1. The minimum Gasteiger partial charge on any atom is -0.467 e. The van der Waals surface area contributed by atoms with Gasteiger partial charge >= 0.3 is 0 Å².